The van der Waals surface area contributed by atoms with E-state index >= 15 is 0 Å². The largest absolute Gasteiger partial charge is 0.398 e. The number of nitrogen functional groups attached to an aromatic ring is 1. The first-order chi connectivity index (χ1) is 7.77. The van der Waals surface area contributed by atoms with Gasteiger partial charge in [0.05, 0.1) is 18.8 Å². The summed E-state index contributed by atoms with van der Waals surface area (Å²) in [7, 11) is 0. The molecule has 1 aliphatic rings. The van der Waals surface area contributed by atoms with E-state index in [1.807, 2.05) is 5.01 Å². The van der Waals surface area contributed by atoms with Gasteiger partial charge in [0.2, 0.25) is 0 Å². The summed E-state index contributed by atoms with van der Waals surface area (Å²) in [5, 5.41) is 1.82. The molecule has 3 N–H and O–H groups in total. The van der Waals surface area contributed by atoms with Crippen LogP contribution in [-0.4, -0.2) is 42.2 Å². The number of nitrogens with one attached hydrogen (secondary N) is 1. The molecular weight excluding hydrogens is 208 g/mol. The molecule has 86 valence electrons. The van der Waals surface area contributed by atoms with Crippen LogP contribution < -0.4 is 11.2 Å². The summed E-state index contributed by atoms with van der Waals surface area (Å²) in [5.41, 5.74) is 9.28. The molecule has 6 nitrogen and oxygen atoms in total. The summed E-state index contributed by atoms with van der Waals surface area (Å²) in [6.45, 7) is 2.63. The zero-order valence-corrected chi connectivity index (χ0v) is 8.85. The predicted molar refractivity (Wildman–Crippen MR) is 58.5 cm³/mol. The molecule has 16 heavy (non-hydrogen) atoms. The number of nitrogens with two attached hydrogens (primary N) is 1. The number of nitrogens with zero attached hydrogens (tertiary/aromatic N) is 2. The van der Waals surface area contributed by atoms with E-state index < -0.39 is 0 Å². The van der Waals surface area contributed by atoms with Gasteiger partial charge in [-0.2, -0.15) is 0 Å². The molecule has 1 aromatic heterocycles. The van der Waals surface area contributed by atoms with Crippen LogP contribution in [-0.2, 0) is 4.74 Å². The number of anilines is 1. The summed E-state index contributed by atoms with van der Waals surface area (Å²) in [5.74, 6) is -0.229. The second-order valence-corrected chi connectivity index (χ2v) is 3.50. The average molecular weight is 222 g/mol. The SMILES string of the molecule is Nc1ccncc1C(=O)NN1CCOCC1. The zero-order chi connectivity index (χ0) is 11.4. The van der Waals surface area contributed by atoms with Crippen LogP contribution in [0.3, 0.4) is 0 Å². The smallest absolute Gasteiger partial charge is 0.269 e. The molecular formula is C10H14N4O2. The lowest BCUT2D eigenvalue weighted by molar-refractivity contribution is 0.0126. The van der Waals surface area contributed by atoms with Crippen molar-refractivity contribution in [3.8, 4) is 0 Å². The minimum Gasteiger partial charge on any atom is -0.398 e. The number of carbonyl (C=O) groups is 1. The van der Waals surface area contributed by atoms with Crippen LogP contribution in [0.2, 0.25) is 0 Å². The average Bonchev–Trinajstić information content (AvgIpc) is 2.31. The second kappa shape index (κ2) is 4.91. The van der Waals surface area contributed by atoms with Crippen molar-refractivity contribution in [3.63, 3.8) is 0 Å². The molecule has 0 atom stereocenters. The van der Waals surface area contributed by atoms with Gasteiger partial charge in [-0.15, -0.1) is 0 Å². The maximum absolute atomic E-state index is 11.8. The number of pyridine rings is 1. The van der Waals surface area contributed by atoms with Gasteiger partial charge in [-0.05, 0) is 6.07 Å². The third kappa shape index (κ3) is 2.47. The molecule has 1 aliphatic heterocycles. The van der Waals surface area contributed by atoms with Crippen molar-refractivity contribution in [2.24, 2.45) is 0 Å². The first-order valence-electron chi connectivity index (χ1n) is 5.10. The first kappa shape index (κ1) is 10.8. The molecule has 6 heteroatoms. The van der Waals surface area contributed by atoms with E-state index in [-0.39, 0.29) is 5.91 Å². The van der Waals surface area contributed by atoms with E-state index in [1.165, 1.54) is 6.20 Å². The Bertz CT molecular complexity index is 377. The molecule has 0 radical (unpaired) electrons. The Labute approximate surface area is 93.4 Å². The second-order valence-electron chi connectivity index (χ2n) is 3.50. The highest BCUT2D eigenvalue weighted by atomic mass is 16.5. The molecule has 0 aliphatic carbocycles. The number of hydrazine groups is 1. The predicted octanol–water partition coefficient (Wildman–Crippen LogP) is -0.359. The summed E-state index contributed by atoms with van der Waals surface area (Å²) < 4.78 is 5.18. The van der Waals surface area contributed by atoms with Crippen molar-refractivity contribution < 1.29 is 9.53 Å². The number of hydrogen-bond acceptors (Lipinski definition) is 5. The molecule has 0 aromatic carbocycles. The summed E-state index contributed by atoms with van der Waals surface area (Å²) in [4.78, 5) is 15.7. The number of aromatic nitrogens is 1. The van der Waals surface area contributed by atoms with Crippen molar-refractivity contribution >= 4 is 11.6 Å². The lowest BCUT2D eigenvalue weighted by Gasteiger charge is -2.26. The van der Waals surface area contributed by atoms with Gasteiger partial charge in [0.15, 0.2) is 0 Å². The first-order valence-corrected chi connectivity index (χ1v) is 5.10. The van der Waals surface area contributed by atoms with Gasteiger partial charge in [-0.1, -0.05) is 0 Å². The molecule has 1 aromatic rings. The minimum atomic E-state index is -0.229. The van der Waals surface area contributed by atoms with Crippen molar-refractivity contribution in [2.75, 3.05) is 32.0 Å². The van der Waals surface area contributed by atoms with Crippen LogP contribution in [0, 0.1) is 0 Å². The van der Waals surface area contributed by atoms with E-state index in [0.717, 1.165) is 0 Å². The molecule has 2 heterocycles. The Balaban J connectivity index is 2.00. The highest BCUT2D eigenvalue weighted by Crippen LogP contribution is 2.08. The summed E-state index contributed by atoms with van der Waals surface area (Å²) in [6.07, 6.45) is 3.02. The van der Waals surface area contributed by atoms with Gasteiger partial charge in [0, 0.05) is 31.2 Å². The highest BCUT2D eigenvalue weighted by molar-refractivity contribution is 5.98. The van der Waals surface area contributed by atoms with Crippen molar-refractivity contribution in [1.29, 1.82) is 0 Å². The van der Waals surface area contributed by atoms with Crippen molar-refractivity contribution in [3.05, 3.63) is 24.0 Å². The molecule has 1 amide bonds. The number of amides is 1. The van der Waals surface area contributed by atoms with E-state index in [1.54, 1.807) is 12.3 Å². The van der Waals surface area contributed by atoms with Gasteiger partial charge in [0.1, 0.15) is 0 Å². The topological polar surface area (TPSA) is 80.5 Å². The quantitative estimate of drug-likeness (QED) is 0.714. The molecule has 1 fully saturated rings. The Morgan fingerprint density at radius 1 is 1.50 bits per heavy atom. The van der Waals surface area contributed by atoms with Gasteiger partial charge in [-0.25, -0.2) is 5.01 Å². The molecule has 0 spiro atoms. The van der Waals surface area contributed by atoms with E-state index in [9.17, 15) is 4.79 Å². The Kier molecular flexibility index (Phi) is 3.33. The minimum absolute atomic E-state index is 0.229. The number of rotatable bonds is 2. The van der Waals surface area contributed by atoms with E-state index in [4.69, 9.17) is 10.5 Å². The maximum Gasteiger partial charge on any atom is 0.269 e. The normalized spacial score (nSPS) is 17.0. The van der Waals surface area contributed by atoms with Crippen LogP contribution in [0.1, 0.15) is 10.4 Å². The molecule has 1 saturated heterocycles. The van der Waals surface area contributed by atoms with Crippen LogP contribution in [0.25, 0.3) is 0 Å². The Hall–Kier alpha value is -1.66. The van der Waals surface area contributed by atoms with Crippen LogP contribution in [0.15, 0.2) is 18.5 Å². The fourth-order valence-electron chi connectivity index (χ4n) is 1.47. The lowest BCUT2D eigenvalue weighted by Crippen LogP contribution is -2.48. The van der Waals surface area contributed by atoms with Crippen molar-refractivity contribution in [1.82, 2.24) is 15.4 Å². The summed E-state index contributed by atoms with van der Waals surface area (Å²) >= 11 is 0. The zero-order valence-electron chi connectivity index (χ0n) is 8.85. The number of hydrogen-bond donors (Lipinski definition) is 2. The number of carbonyl (C=O) groups excluding carboxylic acids is 1. The number of morpholine rings is 1. The Morgan fingerprint density at radius 2 is 2.25 bits per heavy atom. The van der Waals surface area contributed by atoms with Gasteiger partial charge in [0.25, 0.3) is 5.91 Å². The van der Waals surface area contributed by atoms with Gasteiger partial charge in [-0.3, -0.25) is 15.2 Å². The fraction of sp³-hybridized carbons (Fsp3) is 0.400. The fourth-order valence-corrected chi connectivity index (χ4v) is 1.47. The maximum atomic E-state index is 11.8. The van der Waals surface area contributed by atoms with Crippen LogP contribution >= 0.6 is 0 Å². The van der Waals surface area contributed by atoms with Crippen molar-refractivity contribution in [2.45, 2.75) is 0 Å². The van der Waals surface area contributed by atoms with Gasteiger partial charge >= 0.3 is 0 Å². The van der Waals surface area contributed by atoms with Crippen LogP contribution in [0.4, 0.5) is 5.69 Å². The molecule has 2 rings (SSSR count). The third-order valence-electron chi connectivity index (χ3n) is 2.37. The summed E-state index contributed by atoms with van der Waals surface area (Å²) in [6, 6.07) is 1.61. The third-order valence-corrected chi connectivity index (χ3v) is 2.37. The standard InChI is InChI=1S/C10H14N4O2/c11-9-1-2-12-7-8(9)10(15)13-14-3-5-16-6-4-14/h1-2,7H,3-6H2,(H2,11,12)(H,13,15). The van der Waals surface area contributed by atoms with Crippen LogP contribution in [0.5, 0.6) is 0 Å². The Morgan fingerprint density at radius 3 is 2.94 bits per heavy atom. The highest BCUT2D eigenvalue weighted by Gasteiger charge is 2.15. The van der Waals surface area contributed by atoms with Gasteiger partial charge < -0.3 is 10.5 Å². The monoisotopic (exact) mass is 222 g/mol. The molecule has 0 unspecified atom stereocenters. The molecule has 0 saturated carbocycles. The lowest BCUT2D eigenvalue weighted by atomic mass is 10.2. The number of ether oxygens (including phenoxy) is 1. The van der Waals surface area contributed by atoms with E-state index in [2.05, 4.69) is 10.4 Å². The molecule has 0 bridgehead atoms. The van der Waals surface area contributed by atoms with E-state index in [0.29, 0.717) is 37.6 Å².